The molecule has 0 aromatic rings. The number of fused-ring (bicyclic) bond motifs is 1. The van der Waals surface area contributed by atoms with E-state index >= 15 is 0 Å². The summed E-state index contributed by atoms with van der Waals surface area (Å²) in [6.45, 7) is 15.6. The Morgan fingerprint density at radius 2 is 2.06 bits per heavy atom. The lowest BCUT2D eigenvalue weighted by Crippen LogP contribution is -2.35. The van der Waals surface area contributed by atoms with E-state index in [0.29, 0.717) is 25.4 Å². The van der Waals surface area contributed by atoms with E-state index in [0.717, 1.165) is 28.9 Å². The summed E-state index contributed by atoms with van der Waals surface area (Å²) in [7, 11) is 0. The Balaban J connectivity index is 1.73. The molecule has 0 spiro atoms. The van der Waals surface area contributed by atoms with Crippen LogP contribution in [-0.2, 0) is 4.74 Å². The average Bonchev–Trinajstić information content (AvgIpc) is 3.04. The molecule has 172 valence electrons. The van der Waals surface area contributed by atoms with Gasteiger partial charge in [0.05, 0.1) is 24.9 Å². The fourth-order valence-electron chi connectivity index (χ4n) is 5.45. The van der Waals surface area contributed by atoms with Gasteiger partial charge in [-0.3, -0.25) is 0 Å². The first-order chi connectivity index (χ1) is 14.4. The van der Waals surface area contributed by atoms with Crippen molar-refractivity contribution in [2.24, 2.45) is 16.7 Å². The Morgan fingerprint density at radius 1 is 1.35 bits per heavy atom. The zero-order valence-corrected chi connectivity index (χ0v) is 20.7. The summed E-state index contributed by atoms with van der Waals surface area (Å²) in [5, 5.41) is 20.2. The summed E-state index contributed by atoms with van der Waals surface area (Å²) in [5.41, 5.74) is 4.72. The van der Waals surface area contributed by atoms with Gasteiger partial charge in [-0.2, -0.15) is 0 Å². The van der Waals surface area contributed by atoms with Gasteiger partial charge in [0.25, 0.3) is 0 Å². The van der Waals surface area contributed by atoms with Crippen LogP contribution in [0.5, 0.6) is 0 Å². The fourth-order valence-corrected chi connectivity index (χ4v) is 5.52. The van der Waals surface area contributed by atoms with Crippen LogP contribution in [0, 0.1) is 16.7 Å². The second-order valence-corrected chi connectivity index (χ2v) is 11.4. The van der Waals surface area contributed by atoms with E-state index < -0.39 is 12.2 Å². The van der Waals surface area contributed by atoms with Crippen LogP contribution in [0.4, 0.5) is 0 Å². The molecule has 0 amide bonds. The monoisotopic (exact) mass is 444 g/mol. The molecular formula is C27H40O3S. The number of thiocarbonyl (C=S) groups is 1. The normalized spacial score (nSPS) is 35.3. The van der Waals surface area contributed by atoms with E-state index in [2.05, 4.69) is 59.4 Å². The molecule has 31 heavy (non-hydrogen) atoms. The Morgan fingerprint density at radius 3 is 2.74 bits per heavy atom. The number of hydrogen-bond donors (Lipinski definition) is 2. The minimum atomic E-state index is -0.637. The maximum Gasteiger partial charge on any atom is 0.0811 e. The third-order valence-corrected chi connectivity index (χ3v) is 8.34. The molecule has 2 saturated carbocycles. The Labute approximate surface area is 194 Å². The highest BCUT2D eigenvalue weighted by molar-refractivity contribution is 7.80. The largest absolute Gasteiger partial charge is 0.393 e. The molecule has 3 rings (SSSR count). The molecule has 0 aromatic carbocycles. The second-order valence-electron chi connectivity index (χ2n) is 10.9. The van der Waals surface area contributed by atoms with Crippen molar-refractivity contribution in [3.05, 3.63) is 47.1 Å². The summed E-state index contributed by atoms with van der Waals surface area (Å²) >= 11 is 5.57. The van der Waals surface area contributed by atoms with Gasteiger partial charge in [0, 0.05) is 11.3 Å². The predicted molar refractivity (Wildman–Crippen MR) is 132 cm³/mol. The number of hydrogen-bond acceptors (Lipinski definition) is 4. The van der Waals surface area contributed by atoms with Crippen molar-refractivity contribution in [2.75, 3.05) is 6.61 Å². The van der Waals surface area contributed by atoms with Crippen molar-refractivity contribution in [3.63, 3.8) is 0 Å². The average molecular weight is 445 g/mol. The van der Waals surface area contributed by atoms with Crippen molar-refractivity contribution < 1.29 is 14.9 Å². The van der Waals surface area contributed by atoms with Crippen LogP contribution >= 0.6 is 12.2 Å². The third-order valence-electron chi connectivity index (χ3n) is 7.61. The maximum absolute atomic E-state index is 10.1. The van der Waals surface area contributed by atoms with Gasteiger partial charge in [-0.05, 0) is 72.5 Å². The lowest BCUT2D eigenvalue weighted by Gasteiger charge is -2.42. The molecule has 5 atom stereocenters. The topological polar surface area (TPSA) is 49.7 Å². The van der Waals surface area contributed by atoms with E-state index in [1.54, 1.807) is 0 Å². The second kappa shape index (κ2) is 9.43. The number of ether oxygens (including phenoxy) is 1. The van der Waals surface area contributed by atoms with Crippen LogP contribution in [-0.4, -0.2) is 40.0 Å². The van der Waals surface area contributed by atoms with E-state index in [9.17, 15) is 10.2 Å². The molecule has 3 aliphatic rings. The smallest absolute Gasteiger partial charge is 0.0811 e. The van der Waals surface area contributed by atoms with Crippen LogP contribution in [0.2, 0.25) is 0 Å². The fraction of sp³-hybridized carbons (Fsp3) is 0.667. The zero-order valence-electron chi connectivity index (χ0n) is 19.9. The summed E-state index contributed by atoms with van der Waals surface area (Å²) in [6.07, 6.45) is 11.1. The van der Waals surface area contributed by atoms with Crippen molar-refractivity contribution >= 4 is 17.1 Å². The number of allylic oxidation sites excluding steroid dienone is 4. The van der Waals surface area contributed by atoms with Gasteiger partial charge in [0.1, 0.15) is 0 Å². The number of aliphatic hydroxyl groups excluding tert-OH is 2. The summed E-state index contributed by atoms with van der Waals surface area (Å²) in [5.74, 6) is 0.487. The van der Waals surface area contributed by atoms with Crippen LogP contribution in [0.25, 0.3) is 0 Å². The van der Waals surface area contributed by atoms with E-state index in [1.807, 2.05) is 0 Å². The first-order valence-corrected chi connectivity index (χ1v) is 12.1. The minimum Gasteiger partial charge on any atom is -0.393 e. The lowest BCUT2D eigenvalue weighted by atomic mass is 9.63. The van der Waals surface area contributed by atoms with E-state index in [-0.39, 0.29) is 16.9 Å². The molecule has 0 aromatic heterocycles. The van der Waals surface area contributed by atoms with Gasteiger partial charge in [-0.15, -0.1) is 0 Å². The van der Waals surface area contributed by atoms with Gasteiger partial charge in [-0.1, -0.05) is 70.3 Å². The first-order valence-electron chi connectivity index (χ1n) is 11.7. The summed E-state index contributed by atoms with van der Waals surface area (Å²) < 4.78 is 6.25. The van der Waals surface area contributed by atoms with Crippen LogP contribution < -0.4 is 0 Å². The summed E-state index contributed by atoms with van der Waals surface area (Å²) in [4.78, 5) is 0.965. The van der Waals surface area contributed by atoms with Crippen LogP contribution in [0.15, 0.2) is 47.1 Å². The highest BCUT2D eigenvalue weighted by Gasteiger charge is 2.46. The molecule has 0 heterocycles. The zero-order chi connectivity index (χ0) is 23.0. The number of rotatable bonds is 5. The molecule has 0 saturated heterocycles. The summed E-state index contributed by atoms with van der Waals surface area (Å²) in [6, 6.07) is 0. The molecule has 0 aliphatic heterocycles. The standard InChI is InChI=1S/C27H40O3S/c1-17-20(14-21(28)15-24(17)29)10-9-19-8-7-13-27(6)22(11-12-23(19)27)18(2)30-16-25(31)26(3,4)5/h9-11,18,21,23-24,28-29H,1,7-8,12-16H2,2-6H3/b19-9+,20-10-/t18?,21-,23+,24+,27-/m1/s1. The van der Waals surface area contributed by atoms with Crippen LogP contribution in [0.3, 0.4) is 0 Å². The van der Waals surface area contributed by atoms with Crippen molar-refractivity contribution in [3.8, 4) is 0 Å². The van der Waals surface area contributed by atoms with E-state index in [1.165, 1.54) is 24.0 Å². The lowest BCUT2D eigenvalue weighted by molar-refractivity contribution is 0.0861. The molecule has 2 fully saturated rings. The van der Waals surface area contributed by atoms with Crippen molar-refractivity contribution in [1.82, 2.24) is 0 Å². The maximum atomic E-state index is 10.1. The van der Waals surface area contributed by atoms with Gasteiger partial charge in [0.15, 0.2) is 0 Å². The molecular weight excluding hydrogens is 404 g/mol. The molecule has 2 N–H and O–H groups in total. The molecule has 4 heteroatoms. The van der Waals surface area contributed by atoms with Crippen molar-refractivity contribution in [2.45, 2.75) is 91.5 Å². The Hall–Kier alpha value is -1.07. The number of aliphatic hydroxyl groups is 2. The minimum absolute atomic E-state index is 0.00985. The van der Waals surface area contributed by atoms with Gasteiger partial charge >= 0.3 is 0 Å². The predicted octanol–water partition coefficient (Wildman–Crippen LogP) is 5.87. The molecule has 0 bridgehead atoms. The Bertz CT molecular complexity index is 813. The van der Waals surface area contributed by atoms with Gasteiger partial charge in [0.2, 0.25) is 0 Å². The molecule has 1 unspecified atom stereocenters. The van der Waals surface area contributed by atoms with Gasteiger partial charge in [-0.25, -0.2) is 0 Å². The molecule has 3 aliphatic carbocycles. The third kappa shape index (κ3) is 5.30. The Kier molecular flexibility index (Phi) is 7.47. The first kappa shape index (κ1) is 24.6. The van der Waals surface area contributed by atoms with Gasteiger partial charge < -0.3 is 14.9 Å². The molecule has 0 radical (unpaired) electrons. The van der Waals surface area contributed by atoms with Crippen LogP contribution in [0.1, 0.15) is 73.1 Å². The SMILES string of the molecule is C=C1/C(=C\C=C2/CCC[C@]3(C)C(C(C)OCC(=S)C(C)(C)C)=CC[C@@H]23)C[C@@H](O)C[C@@H]1O. The quantitative estimate of drug-likeness (QED) is 0.411. The molecule has 3 nitrogen and oxygen atoms in total. The van der Waals surface area contributed by atoms with Crippen molar-refractivity contribution in [1.29, 1.82) is 0 Å². The van der Waals surface area contributed by atoms with E-state index in [4.69, 9.17) is 17.0 Å². The highest BCUT2D eigenvalue weighted by Crippen LogP contribution is 2.55. The highest BCUT2D eigenvalue weighted by atomic mass is 32.1.